The molecule has 1 aliphatic heterocycles. The Morgan fingerprint density at radius 2 is 2.11 bits per heavy atom. The summed E-state index contributed by atoms with van der Waals surface area (Å²) < 4.78 is 39.7. The summed E-state index contributed by atoms with van der Waals surface area (Å²) >= 11 is 0. The smallest absolute Gasteiger partial charge is 0.243 e. The van der Waals surface area contributed by atoms with Crippen molar-refractivity contribution in [3.8, 4) is 0 Å². The summed E-state index contributed by atoms with van der Waals surface area (Å²) in [6.07, 6.45) is 3.16. The first-order valence-electron chi connectivity index (χ1n) is 6.07. The van der Waals surface area contributed by atoms with Gasteiger partial charge in [-0.05, 0) is 31.5 Å². The van der Waals surface area contributed by atoms with Crippen molar-refractivity contribution in [2.24, 2.45) is 0 Å². The van der Waals surface area contributed by atoms with Gasteiger partial charge in [0.2, 0.25) is 10.0 Å². The fourth-order valence-electron chi connectivity index (χ4n) is 2.05. The van der Waals surface area contributed by atoms with Crippen molar-refractivity contribution in [1.29, 1.82) is 0 Å². The first kappa shape index (κ1) is 13.5. The lowest BCUT2D eigenvalue weighted by atomic mass is 10.1. The fraction of sp³-hybridized carbons (Fsp3) is 0.500. The predicted octanol–water partition coefficient (Wildman–Crippen LogP) is 1.25. The van der Waals surface area contributed by atoms with E-state index >= 15 is 0 Å². The molecule has 1 atom stereocenters. The van der Waals surface area contributed by atoms with E-state index < -0.39 is 15.8 Å². The highest BCUT2D eigenvalue weighted by molar-refractivity contribution is 7.89. The quantitative estimate of drug-likeness (QED) is 0.867. The molecule has 18 heavy (non-hydrogen) atoms. The lowest BCUT2D eigenvalue weighted by molar-refractivity contribution is 0.398. The second-order valence-corrected chi connectivity index (χ2v) is 6.16. The second kappa shape index (κ2) is 5.77. The summed E-state index contributed by atoms with van der Waals surface area (Å²) in [5, 5.41) is 3.24. The molecule has 0 bridgehead atoms. The van der Waals surface area contributed by atoms with E-state index in [1.807, 2.05) is 0 Å². The van der Waals surface area contributed by atoms with Crippen LogP contribution < -0.4 is 10.0 Å². The molecule has 2 N–H and O–H groups in total. The van der Waals surface area contributed by atoms with Crippen LogP contribution >= 0.6 is 0 Å². The molecule has 4 nitrogen and oxygen atoms in total. The van der Waals surface area contributed by atoms with Crippen LogP contribution in [-0.4, -0.2) is 27.5 Å². The molecule has 0 radical (unpaired) electrons. The molecule has 0 unspecified atom stereocenters. The minimum Gasteiger partial charge on any atom is -0.313 e. The van der Waals surface area contributed by atoms with Crippen LogP contribution in [0.5, 0.6) is 0 Å². The third-order valence-electron chi connectivity index (χ3n) is 3.06. The molecule has 0 saturated carbocycles. The summed E-state index contributed by atoms with van der Waals surface area (Å²) in [5.74, 6) is -0.721. The molecule has 0 amide bonds. The highest BCUT2D eigenvalue weighted by Gasteiger charge is 2.20. The van der Waals surface area contributed by atoms with Crippen molar-refractivity contribution in [1.82, 2.24) is 10.0 Å². The van der Waals surface area contributed by atoms with Crippen molar-refractivity contribution >= 4 is 10.0 Å². The fourth-order valence-corrected chi connectivity index (χ4v) is 3.21. The van der Waals surface area contributed by atoms with E-state index in [9.17, 15) is 12.8 Å². The summed E-state index contributed by atoms with van der Waals surface area (Å²) in [6.45, 7) is 1.21. The van der Waals surface area contributed by atoms with Gasteiger partial charge in [0.25, 0.3) is 0 Å². The van der Waals surface area contributed by atoms with Gasteiger partial charge in [-0.1, -0.05) is 18.6 Å². The number of hydrogen-bond donors (Lipinski definition) is 2. The first-order valence-corrected chi connectivity index (χ1v) is 7.55. The van der Waals surface area contributed by atoms with E-state index in [0.717, 1.165) is 31.9 Å². The number of hydrogen-bond acceptors (Lipinski definition) is 3. The Morgan fingerprint density at radius 3 is 2.78 bits per heavy atom. The molecule has 1 aliphatic rings. The second-order valence-electron chi connectivity index (χ2n) is 4.43. The zero-order valence-corrected chi connectivity index (χ0v) is 10.8. The standard InChI is InChI=1S/C12H17FN2O2S/c13-11-6-1-2-7-12(11)18(16,17)15-9-10-5-3-4-8-14-10/h1-2,6-7,10,14-15H,3-5,8-9H2/t10-/m0/s1. The maximum atomic E-state index is 13.4. The van der Waals surface area contributed by atoms with E-state index in [0.29, 0.717) is 6.54 Å². The zero-order chi connectivity index (χ0) is 13.0. The maximum absolute atomic E-state index is 13.4. The Balaban J connectivity index is 2.01. The maximum Gasteiger partial charge on any atom is 0.243 e. The Morgan fingerprint density at radius 1 is 1.33 bits per heavy atom. The number of sulfonamides is 1. The van der Waals surface area contributed by atoms with Crippen molar-refractivity contribution in [3.05, 3.63) is 30.1 Å². The average Bonchev–Trinajstić information content (AvgIpc) is 2.38. The van der Waals surface area contributed by atoms with E-state index in [4.69, 9.17) is 0 Å². The van der Waals surface area contributed by atoms with Crippen LogP contribution in [0.15, 0.2) is 29.2 Å². The van der Waals surface area contributed by atoms with Crippen LogP contribution in [0.3, 0.4) is 0 Å². The monoisotopic (exact) mass is 272 g/mol. The van der Waals surface area contributed by atoms with Gasteiger partial charge in [0.15, 0.2) is 0 Å². The van der Waals surface area contributed by atoms with E-state index in [1.54, 1.807) is 0 Å². The molecule has 2 rings (SSSR count). The van der Waals surface area contributed by atoms with E-state index in [2.05, 4.69) is 10.0 Å². The summed E-state index contributed by atoms with van der Waals surface area (Å²) in [7, 11) is -3.76. The van der Waals surface area contributed by atoms with Gasteiger partial charge in [0.05, 0.1) is 0 Å². The average molecular weight is 272 g/mol. The molecule has 6 heteroatoms. The highest BCUT2D eigenvalue weighted by atomic mass is 32.2. The zero-order valence-electron chi connectivity index (χ0n) is 10.0. The van der Waals surface area contributed by atoms with E-state index in [1.165, 1.54) is 18.2 Å². The molecule has 1 aromatic rings. The van der Waals surface area contributed by atoms with Crippen LogP contribution in [-0.2, 0) is 10.0 Å². The number of nitrogens with one attached hydrogen (secondary N) is 2. The van der Waals surface area contributed by atoms with Crippen LogP contribution in [0.2, 0.25) is 0 Å². The van der Waals surface area contributed by atoms with Crippen LogP contribution in [0.25, 0.3) is 0 Å². The summed E-state index contributed by atoms with van der Waals surface area (Å²) in [6, 6.07) is 5.53. The van der Waals surface area contributed by atoms with Gasteiger partial charge >= 0.3 is 0 Å². The predicted molar refractivity (Wildman–Crippen MR) is 67.2 cm³/mol. The van der Waals surface area contributed by atoms with Gasteiger partial charge in [0, 0.05) is 12.6 Å². The number of halogens is 1. The first-order chi connectivity index (χ1) is 8.59. The molecular weight excluding hydrogens is 255 g/mol. The molecule has 100 valence electrons. The molecule has 0 aliphatic carbocycles. The molecule has 1 fully saturated rings. The van der Waals surface area contributed by atoms with Crippen LogP contribution in [0, 0.1) is 5.82 Å². The minimum absolute atomic E-state index is 0.139. The summed E-state index contributed by atoms with van der Waals surface area (Å²) in [5.41, 5.74) is 0. The third-order valence-corrected chi connectivity index (χ3v) is 4.52. The molecule has 1 aromatic carbocycles. The van der Waals surface area contributed by atoms with E-state index in [-0.39, 0.29) is 10.9 Å². The summed E-state index contributed by atoms with van der Waals surface area (Å²) in [4.78, 5) is -0.291. The van der Waals surface area contributed by atoms with Crippen molar-refractivity contribution in [2.75, 3.05) is 13.1 Å². The Hall–Kier alpha value is -0.980. The van der Waals surface area contributed by atoms with Crippen molar-refractivity contribution < 1.29 is 12.8 Å². The molecule has 1 heterocycles. The van der Waals surface area contributed by atoms with Crippen molar-refractivity contribution in [2.45, 2.75) is 30.2 Å². The van der Waals surface area contributed by atoms with Crippen LogP contribution in [0.1, 0.15) is 19.3 Å². The Labute approximate surface area is 107 Å². The third kappa shape index (κ3) is 3.28. The van der Waals surface area contributed by atoms with Gasteiger partial charge in [-0.15, -0.1) is 0 Å². The highest BCUT2D eigenvalue weighted by Crippen LogP contribution is 2.13. The van der Waals surface area contributed by atoms with Crippen molar-refractivity contribution in [3.63, 3.8) is 0 Å². The van der Waals surface area contributed by atoms with Gasteiger partial charge in [-0.25, -0.2) is 17.5 Å². The van der Waals surface area contributed by atoms with Gasteiger partial charge < -0.3 is 5.32 Å². The van der Waals surface area contributed by atoms with Gasteiger partial charge in [-0.3, -0.25) is 0 Å². The number of rotatable bonds is 4. The normalized spacial score (nSPS) is 20.8. The molecule has 0 aromatic heterocycles. The van der Waals surface area contributed by atoms with Gasteiger partial charge in [-0.2, -0.15) is 0 Å². The lowest BCUT2D eigenvalue weighted by Crippen LogP contribution is -2.43. The van der Waals surface area contributed by atoms with Crippen LogP contribution in [0.4, 0.5) is 4.39 Å². The topological polar surface area (TPSA) is 58.2 Å². The largest absolute Gasteiger partial charge is 0.313 e. The number of piperidine rings is 1. The molecule has 0 spiro atoms. The Kier molecular flexibility index (Phi) is 4.31. The van der Waals surface area contributed by atoms with Gasteiger partial charge in [0.1, 0.15) is 10.7 Å². The minimum atomic E-state index is -3.76. The molecule has 1 saturated heterocycles. The Bertz CT molecular complexity index is 499. The lowest BCUT2D eigenvalue weighted by Gasteiger charge is -2.23. The molecular formula is C12H17FN2O2S. The SMILES string of the molecule is O=S(=O)(NC[C@@H]1CCCCN1)c1ccccc1F. The number of benzene rings is 1.